The first-order valence-corrected chi connectivity index (χ1v) is 4.01. The van der Waals surface area contributed by atoms with Crippen molar-refractivity contribution in [2.45, 2.75) is 13.0 Å². The Kier molecular flexibility index (Phi) is 3.14. The summed E-state index contributed by atoms with van der Waals surface area (Å²) in [5, 5.41) is 0. The van der Waals surface area contributed by atoms with Gasteiger partial charge in [-0.3, -0.25) is 14.6 Å². The SMILES string of the molecule is COC1=CN=C(C(C)=O)C(OC)C1=O. The van der Waals surface area contributed by atoms with E-state index in [4.69, 9.17) is 9.47 Å². The van der Waals surface area contributed by atoms with E-state index in [9.17, 15) is 9.59 Å². The van der Waals surface area contributed by atoms with Crippen LogP contribution in [-0.4, -0.2) is 37.6 Å². The maximum Gasteiger partial charge on any atom is 0.233 e. The standard InChI is InChI=1S/C9H11NO4/c1-5(11)7-9(14-3)8(12)6(13-2)4-10-7/h4,9H,1-3H3. The Labute approximate surface area is 81.4 Å². The molecule has 0 amide bonds. The van der Waals surface area contributed by atoms with Gasteiger partial charge in [-0.2, -0.15) is 0 Å². The van der Waals surface area contributed by atoms with Gasteiger partial charge in [0.15, 0.2) is 17.6 Å². The van der Waals surface area contributed by atoms with E-state index < -0.39 is 6.10 Å². The smallest absolute Gasteiger partial charge is 0.233 e. The molecule has 0 saturated carbocycles. The molecule has 0 bridgehead atoms. The number of hydrogen-bond donors (Lipinski definition) is 0. The Balaban J connectivity index is 3.07. The van der Waals surface area contributed by atoms with Crippen LogP contribution in [0.25, 0.3) is 0 Å². The lowest BCUT2D eigenvalue weighted by Crippen LogP contribution is -2.39. The van der Waals surface area contributed by atoms with Crippen LogP contribution in [0.15, 0.2) is 17.0 Å². The Hall–Kier alpha value is -1.49. The van der Waals surface area contributed by atoms with Gasteiger partial charge in [0.1, 0.15) is 5.71 Å². The summed E-state index contributed by atoms with van der Waals surface area (Å²) in [6.45, 7) is 1.34. The highest BCUT2D eigenvalue weighted by molar-refractivity contribution is 6.46. The Morgan fingerprint density at radius 2 is 2.14 bits per heavy atom. The summed E-state index contributed by atoms with van der Waals surface area (Å²) in [5.74, 6) is -0.561. The molecule has 5 nitrogen and oxygen atoms in total. The van der Waals surface area contributed by atoms with Crippen molar-refractivity contribution in [1.82, 2.24) is 0 Å². The number of methoxy groups -OCH3 is 2. The molecule has 0 spiro atoms. The second kappa shape index (κ2) is 4.15. The van der Waals surface area contributed by atoms with Gasteiger partial charge in [0.25, 0.3) is 0 Å². The van der Waals surface area contributed by atoms with Gasteiger partial charge in [-0.25, -0.2) is 0 Å². The van der Waals surface area contributed by atoms with E-state index >= 15 is 0 Å². The Bertz CT molecular complexity index is 330. The van der Waals surface area contributed by atoms with Gasteiger partial charge in [-0.1, -0.05) is 0 Å². The molecule has 1 rings (SSSR count). The quantitative estimate of drug-likeness (QED) is 0.643. The molecule has 1 aliphatic rings. The first kappa shape index (κ1) is 10.6. The summed E-state index contributed by atoms with van der Waals surface area (Å²) in [4.78, 5) is 26.4. The molecule has 1 aliphatic heterocycles. The molecule has 1 heterocycles. The van der Waals surface area contributed by atoms with E-state index in [-0.39, 0.29) is 23.0 Å². The van der Waals surface area contributed by atoms with Crippen molar-refractivity contribution in [3.63, 3.8) is 0 Å². The Morgan fingerprint density at radius 3 is 2.57 bits per heavy atom. The molecular weight excluding hydrogens is 186 g/mol. The zero-order chi connectivity index (χ0) is 10.7. The number of ketones is 2. The van der Waals surface area contributed by atoms with Crippen LogP contribution >= 0.6 is 0 Å². The maximum absolute atomic E-state index is 11.6. The summed E-state index contributed by atoms with van der Waals surface area (Å²) < 4.78 is 9.66. The van der Waals surface area contributed by atoms with E-state index in [1.807, 2.05) is 0 Å². The monoisotopic (exact) mass is 197 g/mol. The van der Waals surface area contributed by atoms with Gasteiger partial charge in [-0.05, 0) is 0 Å². The molecule has 14 heavy (non-hydrogen) atoms. The van der Waals surface area contributed by atoms with Gasteiger partial charge in [0.2, 0.25) is 5.78 Å². The van der Waals surface area contributed by atoms with Gasteiger partial charge in [0.05, 0.1) is 13.3 Å². The van der Waals surface area contributed by atoms with Crippen LogP contribution in [0.2, 0.25) is 0 Å². The highest BCUT2D eigenvalue weighted by atomic mass is 16.5. The molecule has 1 unspecified atom stereocenters. The average Bonchev–Trinajstić information content (AvgIpc) is 2.17. The molecule has 0 radical (unpaired) electrons. The van der Waals surface area contributed by atoms with Crippen molar-refractivity contribution in [3.8, 4) is 0 Å². The molecule has 1 atom stereocenters. The van der Waals surface area contributed by atoms with E-state index in [1.54, 1.807) is 0 Å². The van der Waals surface area contributed by atoms with Crippen molar-refractivity contribution in [2.24, 2.45) is 4.99 Å². The van der Waals surface area contributed by atoms with Crippen LogP contribution in [0, 0.1) is 0 Å². The normalized spacial score (nSPS) is 21.4. The lowest BCUT2D eigenvalue weighted by atomic mass is 10.0. The molecule has 0 aromatic heterocycles. The summed E-state index contributed by atoms with van der Waals surface area (Å²) in [5.41, 5.74) is 0.110. The molecule has 0 aromatic carbocycles. The fraction of sp³-hybridized carbons (Fsp3) is 0.444. The van der Waals surface area contributed by atoms with Crippen molar-refractivity contribution in [1.29, 1.82) is 0 Å². The minimum atomic E-state index is -0.938. The molecular formula is C9H11NO4. The molecule has 76 valence electrons. The molecule has 0 fully saturated rings. The third kappa shape index (κ3) is 1.72. The van der Waals surface area contributed by atoms with Gasteiger partial charge in [-0.15, -0.1) is 0 Å². The second-order valence-corrected chi connectivity index (χ2v) is 2.75. The maximum atomic E-state index is 11.6. The molecule has 0 aromatic rings. The van der Waals surface area contributed by atoms with Crippen molar-refractivity contribution in [3.05, 3.63) is 12.0 Å². The zero-order valence-corrected chi connectivity index (χ0v) is 8.23. The van der Waals surface area contributed by atoms with E-state index in [2.05, 4.69) is 4.99 Å². The number of aliphatic imine (C=N–C) groups is 1. The van der Waals surface area contributed by atoms with Crippen LogP contribution in [0.5, 0.6) is 0 Å². The average molecular weight is 197 g/mol. The number of nitrogens with zero attached hydrogens (tertiary/aromatic N) is 1. The first-order chi connectivity index (χ1) is 6.61. The fourth-order valence-electron chi connectivity index (χ4n) is 1.16. The van der Waals surface area contributed by atoms with Crippen molar-refractivity contribution < 1.29 is 19.1 Å². The predicted octanol–water partition coefficient (Wildman–Crippen LogP) is 0.102. The van der Waals surface area contributed by atoms with Gasteiger partial charge < -0.3 is 9.47 Å². The third-order valence-corrected chi connectivity index (χ3v) is 1.87. The van der Waals surface area contributed by atoms with Gasteiger partial charge in [0, 0.05) is 14.0 Å². The van der Waals surface area contributed by atoms with Crippen molar-refractivity contribution >= 4 is 17.3 Å². The lowest BCUT2D eigenvalue weighted by molar-refractivity contribution is -0.126. The first-order valence-electron chi connectivity index (χ1n) is 4.01. The fourth-order valence-corrected chi connectivity index (χ4v) is 1.16. The summed E-state index contributed by atoms with van der Waals surface area (Å²) in [6.07, 6.45) is 0.293. The number of rotatable bonds is 3. The van der Waals surface area contributed by atoms with Crippen LogP contribution in [0.4, 0.5) is 0 Å². The molecule has 0 saturated heterocycles. The topological polar surface area (TPSA) is 65.0 Å². The number of carbonyl (C=O) groups excluding carboxylic acids is 2. The summed E-state index contributed by atoms with van der Waals surface area (Å²) in [7, 11) is 2.71. The number of hydrogen-bond acceptors (Lipinski definition) is 5. The van der Waals surface area contributed by atoms with Crippen LogP contribution in [-0.2, 0) is 19.1 Å². The Morgan fingerprint density at radius 1 is 1.50 bits per heavy atom. The number of carbonyl (C=O) groups is 2. The van der Waals surface area contributed by atoms with E-state index in [0.29, 0.717) is 0 Å². The highest BCUT2D eigenvalue weighted by Gasteiger charge is 2.32. The molecule has 5 heteroatoms. The van der Waals surface area contributed by atoms with E-state index in [0.717, 1.165) is 0 Å². The van der Waals surface area contributed by atoms with Crippen LogP contribution < -0.4 is 0 Å². The number of Topliss-reactive ketones (excluding diaryl/α,β-unsaturated/α-hetero) is 2. The zero-order valence-electron chi connectivity index (χ0n) is 8.23. The van der Waals surface area contributed by atoms with Gasteiger partial charge >= 0.3 is 0 Å². The highest BCUT2D eigenvalue weighted by Crippen LogP contribution is 2.13. The summed E-state index contributed by atoms with van der Waals surface area (Å²) in [6, 6.07) is 0. The van der Waals surface area contributed by atoms with Crippen LogP contribution in [0.1, 0.15) is 6.92 Å². The largest absolute Gasteiger partial charge is 0.491 e. The third-order valence-electron chi connectivity index (χ3n) is 1.87. The number of ether oxygens (including phenoxy) is 2. The minimum Gasteiger partial charge on any atom is -0.491 e. The summed E-state index contributed by atoms with van der Waals surface area (Å²) >= 11 is 0. The van der Waals surface area contributed by atoms with Crippen LogP contribution in [0.3, 0.4) is 0 Å². The second-order valence-electron chi connectivity index (χ2n) is 2.75. The lowest BCUT2D eigenvalue weighted by Gasteiger charge is -2.18. The minimum absolute atomic E-state index is 0.0989. The van der Waals surface area contributed by atoms with E-state index in [1.165, 1.54) is 27.3 Å². The van der Waals surface area contributed by atoms with Crippen molar-refractivity contribution in [2.75, 3.05) is 14.2 Å². The molecule has 0 aliphatic carbocycles. The molecule has 0 N–H and O–H groups in total. The predicted molar refractivity (Wildman–Crippen MR) is 49.0 cm³/mol.